The number of aryl methyl sites for hydroxylation is 1. The minimum absolute atomic E-state index is 0.219. The average Bonchev–Trinajstić information content (AvgIpc) is 3.08. The molecule has 0 saturated carbocycles. The first-order chi connectivity index (χ1) is 11.1. The highest BCUT2D eigenvalue weighted by atomic mass is 16.2. The highest BCUT2D eigenvalue weighted by Crippen LogP contribution is 2.14. The molecule has 1 N–H and O–H groups in total. The predicted octanol–water partition coefficient (Wildman–Crippen LogP) is 0.844. The van der Waals surface area contributed by atoms with Gasteiger partial charge in [-0.1, -0.05) is 6.92 Å². The Hall–Kier alpha value is -2.77. The van der Waals surface area contributed by atoms with E-state index < -0.39 is 6.04 Å². The monoisotopic (exact) mass is 314 g/mol. The molecule has 0 aliphatic carbocycles. The first-order valence-electron chi connectivity index (χ1n) is 7.54. The third-order valence-electron chi connectivity index (χ3n) is 3.68. The van der Waals surface area contributed by atoms with E-state index in [1.54, 1.807) is 10.9 Å². The van der Waals surface area contributed by atoms with Crippen LogP contribution in [0.15, 0.2) is 24.7 Å². The van der Waals surface area contributed by atoms with Gasteiger partial charge in [-0.15, -0.1) is 0 Å². The molecule has 1 fully saturated rings. The summed E-state index contributed by atoms with van der Waals surface area (Å²) in [5.74, 6) is 1.00. The first-order valence-corrected chi connectivity index (χ1v) is 7.54. The Kier molecular flexibility index (Phi) is 4.05. The zero-order chi connectivity index (χ0) is 16.4. The van der Waals surface area contributed by atoms with Crippen molar-refractivity contribution in [2.24, 2.45) is 0 Å². The summed E-state index contributed by atoms with van der Waals surface area (Å²) < 4.78 is 1.59. The molecule has 23 heavy (non-hydrogen) atoms. The van der Waals surface area contributed by atoms with Crippen molar-refractivity contribution in [3.63, 3.8) is 0 Å². The number of hydrogen-bond donors (Lipinski definition) is 1. The van der Waals surface area contributed by atoms with Crippen LogP contribution in [0.25, 0.3) is 5.82 Å². The summed E-state index contributed by atoms with van der Waals surface area (Å²) in [6, 6.07) is 2.82. The van der Waals surface area contributed by atoms with E-state index in [4.69, 9.17) is 0 Å². The molecule has 2 aromatic rings. The fourth-order valence-electron chi connectivity index (χ4n) is 2.57. The SMILES string of the molecule is CCCN1C(=O)NC(Cc2ncnn2-c2cc(C)ccn2)C1=O. The molecule has 3 heterocycles. The van der Waals surface area contributed by atoms with Crippen LogP contribution in [-0.4, -0.2) is 49.2 Å². The quantitative estimate of drug-likeness (QED) is 0.826. The number of urea groups is 1. The van der Waals surface area contributed by atoms with Crippen molar-refractivity contribution in [3.05, 3.63) is 36.0 Å². The molecular formula is C15H18N6O2. The maximum absolute atomic E-state index is 12.3. The van der Waals surface area contributed by atoms with Gasteiger partial charge in [-0.05, 0) is 31.0 Å². The van der Waals surface area contributed by atoms with E-state index in [1.807, 2.05) is 26.0 Å². The summed E-state index contributed by atoms with van der Waals surface area (Å²) in [4.78, 5) is 33.9. The van der Waals surface area contributed by atoms with Crippen molar-refractivity contribution in [2.75, 3.05) is 6.54 Å². The van der Waals surface area contributed by atoms with Crippen LogP contribution in [0.5, 0.6) is 0 Å². The summed E-state index contributed by atoms with van der Waals surface area (Å²) in [5, 5.41) is 6.88. The second-order valence-corrected chi connectivity index (χ2v) is 5.48. The van der Waals surface area contributed by atoms with E-state index in [0.29, 0.717) is 18.2 Å². The van der Waals surface area contributed by atoms with E-state index in [1.165, 1.54) is 11.2 Å². The highest BCUT2D eigenvalue weighted by Gasteiger charge is 2.38. The van der Waals surface area contributed by atoms with Crippen LogP contribution in [0, 0.1) is 6.92 Å². The molecule has 1 saturated heterocycles. The first kappa shape index (κ1) is 15.1. The van der Waals surface area contributed by atoms with Gasteiger partial charge in [0.05, 0.1) is 0 Å². The minimum Gasteiger partial charge on any atom is -0.325 e. The lowest BCUT2D eigenvalue weighted by Crippen LogP contribution is -2.33. The van der Waals surface area contributed by atoms with Crippen LogP contribution in [0.2, 0.25) is 0 Å². The number of carbonyl (C=O) groups excluding carboxylic acids is 2. The van der Waals surface area contributed by atoms with Gasteiger partial charge in [-0.3, -0.25) is 9.69 Å². The third-order valence-corrected chi connectivity index (χ3v) is 3.68. The summed E-state index contributed by atoms with van der Waals surface area (Å²) in [7, 11) is 0. The van der Waals surface area contributed by atoms with Gasteiger partial charge in [0.15, 0.2) is 5.82 Å². The van der Waals surface area contributed by atoms with E-state index >= 15 is 0 Å². The molecule has 120 valence electrons. The molecule has 1 atom stereocenters. The lowest BCUT2D eigenvalue weighted by atomic mass is 10.2. The molecule has 3 rings (SSSR count). The van der Waals surface area contributed by atoms with E-state index in [2.05, 4.69) is 20.4 Å². The Bertz CT molecular complexity index is 741. The van der Waals surface area contributed by atoms with Gasteiger partial charge >= 0.3 is 6.03 Å². The topological polar surface area (TPSA) is 93.0 Å². The van der Waals surface area contributed by atoms with Crippen molar-refractivity contribution >= 4 is 11.9 Å². The van der Waals surface area contributed by atoms with Gasteiger partial charge in [0.1, 0.15) is 18.2 Å². The smallest absolute Gasteiger partial charge is 0.324 e. The van der Waals surface area contributed by atoms with Crippen LogP contribution in [-0.2, 0) is 11.2 Å². The largest absolute Gasteiger partial charge is 0.325 e. The van der Waals surface area contributed by atoms with E-state index in [-0.39, 0.29) is 18.4 Å². The third kappa shape index (κ3) is 2.92. The Balaban J connectivity index is 1.81. The lowest BCUT2D eigenvalue weighted by molar-refractivity contribution is -0.127. The van der Waals surface area contributed by atoms with Crippen LogP contribution in [0.1, 0.15) is 24.7 Å². The molecule has 1 aliphatic heterocycles. The van der Waals surface area contributed by atoms with Crippen LogP contribution < -0.4 is 5.32 Å². The number of pyridine rings is 1. The summed E-state index contributed by atoms with van der Waals surface area (Å²) >= 11 is 0. The Morgan fingerprint density at radius 2 is 2.13 bits per heavy atom. The number of nitrogens with zero attached hydrogens (tertiary/aromatic N) is 5. The van der Waals surface area contributed by atoms with Crippen molar-refractivity contribution in [1.82, 2.24) is 30.0 Å². The second kappa shape index (κ2) is 6.15. The Morgan fingerprint density at radius 3 is 2.87 bits per heavy atom. The second-order valence-electron chi connectivity index (χ2n) is 5.48. The summed E-state index contributed by atoms with van der Waals surface area (Å²) in [5.41, 5.74) is 1.05. The lowest BCUT2D eigenvalue weighted by Gasteiger charge is -2.11. The standard InChI is InChI=1S/C15H18N6O2/c1-3-6-20-14(22)11(19-15(20)23)8-13-17-9-18-21(13)12-7-10(2)4-5-16-12/h4-5,7,9,11H,3,6,8H2,1-2H3,(H,19,23). The molecular weight excluding hydrogens is 296 g/mol. The normalized spacial score (nSPS) is 17.7. The number of nitrogens with one attached hydrogen (secondary N) is 1. The summed E-state index contributed by atoms with van der Waals surface area (Å²) in [6.45, 7) is 4.31. The number of rotatable bonds is 5. The van der Waals surface area contributed by atoms with Crippen molar-refractivity contribution < 1.29 is 9.59 Å². The van der Waals surface area contributed by atoms with Gasteiger partial charge in [0, 0.05) is 19.2 Å². The fraction of sp³-hybridized carbons (Fsp3) is 0.400. The molecule has 0 aromatic carbocycles. The number of hydrogen-bond acceptors (Lipinski definition) is 5. The van der Waals surface area contributed by atoms with Crippen molar-refractivity contribution in [2.45, 2.75) is 32.7 Å². The summed E-state index contributed by atoms with van der Waals surface area (Å²) in [6.07, 6.45) is 4.13. The van der Waals surface area contributed by atoms with E-state index in [0.717, 1.165) is 12.0 Å². The number of imide groups is 1. The molecule has 0 bridgehead atoms. The molecule has 8 nitrogen and oxygen atoms in total. The van der Waals surface area contributed by atoms with Crippen molar-refractivity contribution in [3.8, 4) is 5.82 Å². The van der Waals surface area contributed by atoms with Crippen LogP contribution in [0.3, 0.4) is 0 Å². The molecule has 0 spiro atoms. The van der Waals surface area contributed by atoms with Gasteiger partial charge in [-0.2, -0.15) is 9.78 Å². The molecule has 2 aromatic heterocycles. The number of aromatic nitrogens is 4. The van der Waals surface area contributed by atoms with Gasteiger partial charge in [-0.25, -0.2) is 14.8 Å². The highest BCUT2D eigenvalue weighted by molar-refractivity contribution is 6.04. The van der Waals surface area contributed by atoms with Gasteiger partial charge in [0.2, 0.25) is 0 Å². The molecule has 1 aliphatic rings. The molecule has 0 radical (unpaired) electrons. The van der Waals surface area contributed by atoms with E-state index in [9.17, 15) is 9.59 Å². The average molecular weight is 314 g/mol. The minimum atomic E-state index is -0.609. The zero-order valence-electron chi connectivity index (χ0n) is 13.1. The van der Waals surface area contributed by atoms with Gasteiger partial charge in [0.25, 0.3) is 5.91 Å². The Labute approximate surface area is 133 Å². The van der Waals surface area contributed by atoms with Crippen LogP contribution >= 0.6 is 0 Å². The molecule has 1 unspecified atom stereocenters. The number of carbonyl (C=O) groups is 2. The maximum Gasteiger partial charge on any atom is 0.324 e. The molecule has 8 heteroatoms. The fourth-order valence-corrected chi connectivity index (χ4v) is 2.57. The number of amides is 3. The van der Waals surface area contributed by atoms with Gasteiger partial charge < -0.3 is 5.32 Å². The molecule has 3 amide bonds. The predicted molar refractivity (Wildman–Crippen MR) is 81.9 cm³/mol. The Morgan fingerprint density at radius 1 is 1.30 bits per heavy atom. The van der Waals surface area contributed by atoms with Crippen molar-refractivity contribution in [1.29, 1.82) is 0 Å². The maximum atomic E-state index is 12.3. The van der Waals surface area contributed by atoms with Crippen LogP contribution in [0.4, 0.5) is 4.79 Å². The zero-order valence-corrected chi connectivity index (χ0v) is 13.1.